The van der Waals surface area contributed by atoms with Gasteiger partial charge in [0.15, 0.2) is 0 Å². The Bertz CT molecular complexity index is 64.1. The highest BCUT2D eigenvalue weighted by Crippen LogP contribution is 1.67. The van der Waals surface area contributed by atoms with E-state index in [1.165, 1.54) is 14.0 Å². The molecule has 0 aromatic heterocycles. The van der Waals surface area contributed by atoms with E-state index in [0.29, 0.717) is 0 Å². The van der Waals surface area contributed by atoms with Crippen LogP contribution in [0.25, 0.3) is 0 Å². The quantitative estimate of drug-likeness (QED) is 0.560. The van der Waals surface area contributed by atoms with Gasteiger partial charge in [-0.25, -0.2) is 0 Å². The highest BCUT2D eigenvalue weighted by molar-refractivity contribution is 5.72. The number of amides is 1. The number of carbonyl (C=O) groups is 1. The zero-order valence-electron chi connectivity index (χ0n) is 6.40. The molecule has 0 radical (unpaired) electrons. The minimum absolute atomic E-state index is 0.0573. The highest BCUT2D eigenvalue weighted by Gasteiger charge is 1.83. The van der Waals surface area contributed by atoms with Crippen molar-refractivity contribution < 1.29 is 4.79 Å². The lowest BCUT2D eigenvalue weighted by Gasteiger charge is -1.93. The van der Waals surface area contributed by atoms with Gasteiger partial charge in [-0.2, -0.15) is 0 Å². The van der Waals surface area contributed by atoms with E-state index < -0.39 is 0 Å². The standard InChI is InChI=1S/C5H11NO.CH5N/c1-3-4-6-5(2)7;1-2/h3-4H2,1-2H3,(H,6,7);2H2,1H3. The largest absolute Gasteiger partial charge is 0.356 e. The molecule has 0 fully saturated rings. The lowest BCUT2D eigenvalue weighted by Crippen LogP contribution is -2.19. The molecule has 0 atom stereocenters. The van der Waals surface area contributed by atoms with Crippen LogP contribution in [0.3, 0.4) is 0 Å². The normalized spacial score (nSPS) is 7.11. The molecule has 9 heavy (non-hydrogen) atoms. The molecule has 3 N–H and O–H groups in total. The smallest absolute Gasteiger partial charge is 0.216 e. The Balaban J connectivity index is 0. The SMILES string of the molecule is CCCNC(C)=O.CN. The van der Waals surface area contributed by atoms with Crippen molar-refractivity contribution in [2.24, 2.45) is 5.73 Å². The van der Waals surface area contributed by atoms with Crippen LogP contribution in [0.5, 0.6) is 0 Å². The first-order valence-corrected chi connectivity index (χ1v) is 3.09. The van der Waals surface area contributed by atoms with Crippen LogP contribution in [-0.2, 0) is 4.79 Å². The van der Waals surface area contributed by atoms with E-state index in [1.807, 2.05) is 6.92 Å². The zero-order chi connectivity index (χ0) is 7.70. The van der Waals surface area contributed by atoms with Crippen molar-refractivity contribution in [2.75, 3.05) is 13.6 Å². The van der Waals surface area contributed by atoms with Crippen molar-refractivity contribution in [1.82, 2.24) is 5.32 Å². The Labute approximate surface area is 56.6 Å². The molecule has 0 aliphatic rings. The van der Waals surface area contributed by atoms with Gasteiger partial charge >= 0.3 is 0 Å². The van der Waals surface area contributed by atoms with Crippen LogP contribution in [0, 0.1) is 0 Å². The summed E-state index contributed by atoms with van der Waals surface area (Å²) in [6.07, 6.45) is 1.01. The lowest BCUT2D eigenvalue weighted by molar-refractivity contribution is -0.118. The fourth-order valence-electron chi connectivity index (χ4n) is 0.301. The minimum atomic E-state index is 0.0573. The van der Waals surface area contributed by atoms with Gasteiger partial charge < -0.3 is 11.1 Å². The van der Waals surface area contributed by atoms with Gasteiger partial charge in [-0.3, -0.25) is 4.79 Å². The molecule has 1 amide bonds. The van der Waals surface area contributed by atoms with Crippen LogP contribution in [0.4, 0.5) is 0 Å². The Hall–Kier alpha value is -0.570. The molecule has 0 aromatic rings. The second-order valence-electron chi connectivity index (χ2n) is 1.48. The van der Waals surface area contributed by atoms with E-state index in [4.69, 9.17) is 0 Å². The third-order valence-corrected chi connectivity index (χ3v) is 0.624. The summed E-state index contributed by atoms with van der Waals surface area (Å²) in [4.78, 5) is 10.1. The van der Waals surface area contributed by atoms with Crippen molar-refractivity contribution >= 4 is 5.91 Å². The number of hydrogen-bond acceptors (Lipinski definition) is 2. The molecule has 3 heteroatoms. The van der Waals surface area contributed by atoms with Gasteiger partial charge in [0, 0.05) is 13.5 Å². The summed E-state index contributed by atoms with van der Waals surface area (Å²) < 4.78 is 0. The Morgan fingerprint density at radius 3 is 2.11 bits per heavy atom. The van der Waals surface area contributed by atoms with Crippen LogP contribution in [0.1, 0.15) is 20.3 Å². The van der Waals surface area contributed by atoms with E-state index in [-0.39, 0.29) is 5.91 Å². The van der Waals surface area contributed by atoms with Gasteiger partial charge in [-0.1, -0.05) is 6.92 Å². The molecule has 0 aliphatic heterocycles. The van der Waals surface area contributed by atoms with Gasteiger partial charge in [-0.05, 0) is 13.5 Å². The summed E-state index contributed by atoms with van der Waals surface area (Å²) in [5, 5.41) is 2.66. The number of nitrogens with one attached hydrogen (secondary N) is 1. The molecular formula is C6H16N2O. The summed E-state index contributed by atoms with van der Waals surface area (Å²) in [6.45, 7) is 4.35. The molecule has 0 bridgehead atoms. The van der Waals surface area contributed by atoms with Gasteiger partial charge in [0.05, 0.1) is 0 Å². The van der Waals surface area contributed by atoms with Gasteiger partial charge in [0.2, 0.25) is 5.91 Å². The van der Waals surface area contributed by atoms with E-state index in [9.17, 15) is 4.79 Å². The second-order valence-corrected chi connectivity index (χ2v) is 1.48. The second kappa shape index (κ2) is 10.4. The summed E-state index contributed by atoms with van der Waals surface area (Å²) >= 11 is 0. The predicted octanol–water partition coefficient (Wildman–Crippen LogP) is 0.107. The molecule has 0 rings (SSSR count). The van der Waals surface area contributed by atoms with Crippen molar-refractivity contribution in [3.05, 3.63) is 0 Å². The van der Waals surface area contributed by atoms with E-state index >= 15 is 0 Å². The van der Waals surface area contributed by atoms with Crippen LogP contribution >= 0.6 is 0 Å². The maximum absolute atomic E-state index is 10.1. The molecule has 3 nitrogen and oxygen atoms in total. The lowest BCUT2D eigenvalue weighted by atomic mass is 10.5. The highest BCUT2D eigenvalue weighted by atomic mass is 16.1. The van der Waals surface area contributed by atoms with Crippen LogP contribution in [0.15, 0.2) is 0 Å². The Morgan fingerprint density at radius 2 is 2.00 bits per heavy atom. The van der Waals surface area contributed by atoms with Gasteiger partial charge in [-0.15, -0.1) is 0 Å². The fraction of sp³-hybridized carbons (Fsp3) is 0.833. The molecule has 0 unspecified atom stereocenters. The molecule has 0 aliphatic carbocycles. The third kappa shape index (κ3) is 18.6. The maximum atomic E-state index is 10.1. The average molecular weight is 132 g/mol. The summed E-state index contributed by atoms with van der Waals surface area (Å²) in [5.74, 6) is 0.0573. The van der Waals surface area contributed by atoms with Gasteiger partial charge in [0.1, 0.15) is 0 Å². The number of carbonyl (C=O) groups excluding carboxylic acids is 1. The van der Waals surface area contributed by atoms with E-state index in [1.54, 1.807) is 0 Å². The number of rotatable bonds is 2. The van der Waals surface area contributed by atoms with Crippen molar-refractivity contribution in [1.29, 1.82) is 0 Å². The predicted molar refractivity (Wildman–Crippen MR) is 39.1 cm³/mol. The number of hydrogen-bond donors (Lipinski definition) is 2. The van der Waals surface area contributed by atoms with E-state index in [2.05, 4.69) is 11.1 Å². The molecular weight excluding hydrogens is 116 g/mol. The fourth-order valence-corrected chi connectivity index (χ4v) is 0.301. The first kappa shape index (κ1) is 11.3. The maximum Gasteiger partial charge on any atom is 0.216 e. The Morgan fingerprint density at radius 1 is 1.56 bits per heavy atom. The summed E-state index contributed by atoms with van der Waals surface area (Å²) in [6, 6.07) is 0. The molecule has 0 spiro atoms. The average Bonchev–Trinajstić information content (AvgIpc) is 1.88. The zero-order valence-corrected chi connectivity index (χ0v) is 6.40. The number of nitrogens with two attached hydrogens (primary N) is 1. The van der Waals surface area contributed by atoms with Crippen molar-refractivity contribution in [3.63, 3.8) is 0 Å². The summed E-state index contributed by atoms with van der Waals surface area (Å²) in [7, 11) is 1.50. The van der Waals surface area contributed by atoms with Gasteiger partial charge in [0.25, 0.3) is 0 Å². The molecule has 0 aromatic carbocycles. The minimum Gasteiger partial charge on any atom is -0.356 e. The van der Waals surface area contributed by atoms with Crippen LogP contribution in [0.2, 0.25) is 0 Å². The van der Waals surface area contributed by atoms with Crippen LogP contribution in [-0.4, -0.2) is 19.5 Å². The topological polar surface area (TPSA) is 55.1 Å². The summed E-state index contributed by atoms with van der Waals surface area (Å²) in [5.41, 5.74) is 4.50. The monoisotopic (exact) mass is 132 g/mol. The third-order valence-electron chi connectivity index (χ3n) is 0.624. The van der Waals surface area contributed by atoms with E-state index in [0.717, 1.165) is 13.0 Å². The van der Waals surface area contributed by atoms with Crippen LogP contribution < -0.4 is 11.1 Å². The molecule has 0 saturated carbocycles. The molecule has 0 saturated heterocycles. The first-order valence-electron chi connectivity index (χ1n) is 3.09. The van der Waals surface area contributed by atoms with Crippen molar-refractivity contribution in [2.45, 2.75) is 20.3 Å². The Kier molecular flexibility index (Phi) is 13.0. The first-order chi connectivity index (χ1) is 4.27. The molecule has 56 valence electrons. The van der Waals surface area contributed by atoms with Crippen molar-refractivity contribution in [3.8, 4) is 0 Å². The molecule has 0 heterocycles.